The third-order valence-electron chi connectivity index (χ3n) is 4.56. The lowest BCUT2D eigenvalue weighted by Gasteiger charge is -2.16. The first-order valence-electron chi connectivity index (χ1n) is 8.76. The molecule has 0 unspecified atom stereocenters. The first kappa shape index (κ1) is 19.2. The van der Waals surface area contributed by atoms with Crippen molar-refractivity contribution in [1.29, 1.82) is 0 Å². The molecule has 0 amide bonds. The van der Waals surface area contributed by atoms with Gasteiger partial charge in [-0.1, -0.05) is 54.1 Å². The van der Waals surface area contributed by atoms with E-state index in [0.717, 1.165) is 17.7 Å². The van der Waals surface area contributed by atoms with Crippen molar-refractivity contribution >= 4 is 22.5 Å². The lowest BCUT2D eigenvalue weighted by molar-refractivity contribution is -0.137. The molecule has 0 atom stereocenters. The Morgan fingerprint density at radius 1 is 0.931 bits per heavy atom. The standard InChI is InChI=1S/C22H14ClF3N2O/c23-18-11-10-15(13-17(18)22(24,25)26)28-20(12-14-6-2-1-3-7-14)27-19-9-5-4-8-16(19)21(28)29/h1-11,13H,12H2. The minimum atomic E-state index is -4.64. The van der Waals surface area contributed by atoms with E-state index in [2.05, 4.69) is 4.98 Å². The Bertz CT molecular complexity index is 1250. The zero-order chi connectivity index (χ0) is 20.6. The van der Waals surface area contributed by atoms with Crippen LogP contribution in [0.4, 0.5) is 13.2 Å². The second-order valence-corrected chi connectivity index (χ2v) is 6.92. The zero-order valence-corrected chi connectivity index (χ0v) is 15.7. The van der Waals surface area contributed by atoms with Gasteiger partial charge >= 0.3 is 6.18 Å². The van der Waals surface area contributed by atoms with Gasteiger partial charge in [-0.25, -0.2) is 4.98 Å². The molecule has 0 aliphatic carbocycles. The van der Waals surface area contributed by atoms with Gasteiger partial charge in [-0.15, -0.1) is 0 Å². The van der Waals surface area contributed by atoms with Gasteiger partial charge in [0.1, 0.15) is 5.82 Å². The maximum atomic E-state index is 13.4. The number of para-hydroxylation sites is 1. The first-order chi connectivity index (χ1) is 13.8. The van der Waals surface area contributed by atoms with E-state index >= 15 is 0 Å². The number of aromatic nitrogens is 2. The monoisotopic (exact) mass is 414 g/mol. The largest absolute Gasteiger partial charge is 0.417 e. The average molecular weight is 415 g/mol. The van der Waals surface area contributed by atoms with Gasteiger partial charge in [0.2, 0.25) is 0 Å². The summed E-state index contributed by atoms with van der Waals surface area (Å²) in [6.07, 6.45) is -4.36. The fourth-order valence-corrected chi connectivity index (χ4v) is 3.44. The van der Waals surface area contributed by atoms with Gasteiger partial charge in [0.15, 0.2) is 0 Å². The summed E-state index contributed by atoms with van der Waals surface area (Å²) in [4.78, 5) is 17.8. The molecule has 0 N–H and O–H groups in total. The number of nitrogens with zero attached hydrogens (tertiary/aromatic N) is 2. The third-order valence-corrected chi connectivity index (χ3v) is 4.89. The van der Waals surface area contributed by atoms with E-state index in [4.69, 9.17) is 11.6 Å². The average Bonchev–Trinajstić information content (AvgIpc) is 2.69. The summed E-state index contributed by atoms with van der Waals surface area (Å²) in [5.41, 5.74) is 0.00778. The van der Waals surface area contributed by atoms with Crippen LogP contribution in [-0.4, -0.2) is 9.55 Å². The van der Waals surface area contributed by atoms with Gasteiger partial charge in [0.05, 0.1) is 27.2 Å². The molecule has 0 saturated carbocycles. The number of hydrogen-bond donors (Lipinski definition) is 0. The van der Waals surface area contributed by atoms with Crippen LogP contribution in [0.5, 0.6) is 0 Å². The number of alkyl halides is 3. The SMILES string of the molecule is O=c1c2ccccc2nc(Cc2ccccc2)n1-c1ccc(Cl)c(C(F)(F)F)c1. The van der Waals surface area contributed by atoms with Gasteiger partial charge in [-0.05, 0) is 35.9 Å². The van der Waals surface area contributed by atoms with Crippen molar-refractivity contribution in [2.45, 2.75) is 12.6 Å². The normalized spacial score (nSPS) is 11.7. The summed E-state index contributed by atoms with van der Waals surface area (Å²) in [6, 6.07) is 19.5. The van der Waals surface area contributed by atoms with E-state index in [0.29, 0.717) is 16.7 Å². The molecule has 0 fully saturated rings. The van der Waals surface area contributed by atoms with Crippen LogP contribution in [-0.2, 0) is 12.6 Å². The number of benzene rings is 3. The first-order valence-corrected chi connectivity index (χ1v) is 9.14. The smallest absolute Gasteiger partial charge is 0.268 e. The molecule has 0 aliphatic rings. The van der Waals surface area contributed by atoms with Crippen molar-refractivity contribution < 1.29 is 13.2 Å². The predicted molar refractivity (Wildman–Crippen MR) is 107 cm³/mol. The Hall–Kier alpha value is -3.12. The molecule has 4 aromatic rings. The summed E-state index contributed by atoms with van der Waals surface area (Å²) < 4.78 is 41.3. The van der Waals surface area contributed by atoms with Gasteiger partial charge in [-0.3, -0.25) is 9.36 Å². The van der Waals surface area contributed by atoms with Crippen LogP contribution in [0.1, 0.15) is 17.0 Å². The summed E-state index contributed by atoms with van der Waals surface area (Å²) in [5.74, 6) is 0.343. The summed E-state index contributed by atoms with van der Waals surface area (Å²) in [7, 11) is 0. The van der Waals surface area contributed by atoms with E-state index in [1.54, 1.807) is 24.3 Å². The molecule has 1 heterocycles. The van der Waals surface area contributed by atoms with E-state index in [1.165, 1.54) is 10.6 Å². The maximum Gasteiger partial charge on any atom is 0.417 e. The molecule has 0 saturated heterocycles. The molecule has 4 rings (SSSR count). The van der Waals surface area contributed by atoms with Crippen LogP contribution < -0.4 is 5.56 Å². The Labute approximate surface area is 169 Å². The number of halogens is 4. The summed E-state index contributed by atoms with van der Waals surface area (Å²) >= 11 is 5.75. The topological polar surface area (TPSA) is 34.9 Å². The third kappa shape index (κ3) is 3.76. The van der Waals surface area contributed by atoms with Crippen LogP contribution in [0.2, 0.25) is 5.02 Å². The molecule has 0 spiro atoms. The van der Waals surface area contributed by atoms with Crippen LogP contribution in [0.3, 0.4) is 0 Å². The quantitative estimate of drug-likeness (QED) is 0.434. The van der Waals surface area contributed by atoms with Crippen LogP contribution in [0.25, 0.3) is 16.6 Å². The molecule has 0 aliphatic heterocycles. The molecule has 29 heavy (non-hydrogen) atoms. The Morgan fingerprint density at radius 3 is 2.34 bits per heavy atom. The minimum Gasteiger partial charge on any atom is -0.268 e. The summed E-state index contributed by atoms with van der Waals surface area (Å²) in [5, 5.41) is -0.0968. The van der Waals surface area contributed by atoms with E-state index < -0.39 is 22.3 Å². The molecule has 0 radical (unpaired) electrons. The fraction of sp³-hybridized carbons (Fsp3) is 0.0909. The van der Waals surface area contributed by atoms with Crippen molar-refractivity contribution in [3.63, 3.8) is 0 Å². The van der Waals surface area contributed by atoms with Crippen molar-refractivity contribution in [2.24, 2.45) is 0 Å². The van der Waals surface area contributed by atoms with Crippen LogP contribution in [0.15, 0.2) is 77.6 Å². The molecule has 7 heteroatoms. The van der Waals surface area contributed by atoms with Gasteiger partial charge in [-0.2, -0.15) is 13.2 Å². The Kier molecular flexibility index (Phi) is 4.88. The Morgan fingerprint density at radius 2 is 1.62 bits per heavy atom. The Balaban J connectivity index is 1.99. The maximum absolute atomic E-state index is 13.4. The minimum absolute atomic E-state index is 0.0657. The fourth-order valence-electron chi connectivity index (χ4n) is 3.21. The van der Waals surface area contributed by atoms with Gasteiger partial charge in [0.25, 0.3) is 5.56 Å². The molecule has 1 aromatic heterocycles. The predicted octanol–water partition coefficient (Wildman–Crippen LogP) is 5.65. The summed E-state index contributed by atoms with van der Waals surface area (Å²) in [6.45, 7) is 0. The number of rotatable bonds is 3. The van der Waals surface area contributed by atoms with Crippen molar-refractivity contribution in [1.82, 2.24) is 9.55 Å². The molecule has 146 valence electrons. The molecule has 0 bridgehead atoms. The number of fused-ring (bicyclic) bond motifs is 1. The van der Waals surface area contributed by atoms with Gasteiger partial charge < -0.3 is 0 Å². The molecule has 3 aromatic carbocycles. The van der Waals surface area contributed by atoms with Crippen molar-refractivity contribution in [2.75, 3.05) is 0 Å². The van der Waals surface area contributed by atoms with E-state index in [-0.39, 0.29) is 12.1 Å². The second kappa shape index (κ2) is 7.37. The van der Waals surface area contributed by atoms with Crippen molar-refractivity contribution in [3.05, 3.63) is 105 Å². The lowest BCUT2D eigenvalue weighted by atomic mass is 10.1. The van der Waals surface area contributed by atoms with Crippen LogP contribution in [0, 0.1) is 0 Å². The van der Waals surface area contributed by atoms with E-state index in [1.807, 2.05) is 30.3 Å². The highest BCUT2D eigenvalue weighted by Gasteiger charge is 2.33. The van der Waals surface area contributed by atoms with E-state index in [9.17, 15) is 18.0 Å². The number of hydrogen-bond acceptors (Lipinski definition) is 2. The molecular weight excluding hydrogens is 401 g/mol. The molecular formula is C22H14ClF3N2O. The van der Waals surface area contributed by atoms with Crippen molar-refractivity contribution in [3.8, 4) is 5.69 Å². The lowest BCUT2D eigenvalue weighted by Crippen LogP contribution is -2.24. The highest BCUT2D eigenvalue weighted by atomic mass is 35.5. The highest BCUT2D eigenvalue weighted by Crippen LogP contribution is 2.36. The highest BCUT2D eigenvalue weighted by molar-refractivity contribution is 6.31. The van der Waals surface area contributed by atoms with Crippen LogP contribution >= 0.6 is 11.6 Å². The second-order valence-electron chi connectivity index (χ2n) is 6.51. The zero-order valence-electron chi connectivity index (χ0n) is 14.9. The van der Waals surface area contributed by atoms with Gasteiger partial charge in [0, 0.05) is 6.42 Å². The molecule has 3 nitrogen and oxygen atoms in total.